The van der Waals surface area contributed by atoms with Crippen LogP contribution in [-0.2, 0) is 9.53 Å². The maximum absolute atomic E-state index is 12.1. The van der Waals surface area contributed by atoms with E-state index in [9.17, 15) is 9.59 Å². The number of carbonyl (C=O) groups excluding carboxylic acids is 1. The number of amides is 2. The number of rotatable bonds is 5. The Balaban J connectivity index is 1.86. The first kappa shape index (κ1) is 14.1. The highest BCUT2D eigenvalue weighted by Crippen LogP contribution is 2.33. The maximum Gasteiger partial charge on any atom is 0.326 e. The summed E-state index contributed by atoms with van der Waals surface area (Å²) in [6.45, 7) is 1.99. The molecule has 1 aliphatic heterocycles. The van der Waals surface area contributed by atoms with E-state index in [2.05, 4.69) is 5.32 Å². The molecule has 6 nitrogen and oxygen atoms in total. The summed E-state index contributed by atoms with van der Waals surface area (Å²) >= 11 is 0. The zero-order valence-electron chi connectivity index (χ0n) is 11.3. The summed E-state index contributed by atoms with van der Waals surface area (Å²) in [5.74, 6) is -0.462. The molecule has 2 fully saturated rings. The molecule has 1 saturated heterocycles. The van der Waals surface area contributed by atoms with Crippen LogP contribution in [0.5, 0.6) is 0 Å². The quantitative estimate of drug-likeness (QED) is 0.778. The smallest absolute Gasteiger partial charge is 0.326 e. The molecular formula is C13H22N2O4. The topological polar surface area (TPSA) is 78.9 Å². The van der Waals surface area contributed by atoms with Crippen LogP contribution < -0.4 is 5.32 Å². The molecule has 0 spiro atoms. The Morgan fingerprint density at radius 1 is 1.42 bits per heavy atom. The van der Waals surface area contributed by atoms with E-state index in [1.807, 2.05) is 0 Å². The van der Waals surface area contributed by atoms with Crippen molar-refractivity contribution in [3.8, 4) is 0 Å². The van der Waals surface area contributed by atoms with Crippen molar-refractivity contribution < 1.29 is 19.4 Å². The molecule has 1 aliphatic carbocycles. The van der Waals surface area contributed by atoms with Gasteiger partial charge in [0.05, 0.1) is 6.61 Å². The Labute approximate surface area is 113 Å². The van der Waals surface area contributed by atoms with Crippen molar-refractivity contribution in [2.75, 3.05) is 26.8 Å². The van der Waals surface area contributed by atoms with Crippen LogP contribution in [0.15, 0.2) is 0 Å². The lowest BCUT2D eigenvalue weighted by atomic mass is 9.99. The van der Waals surface area contributed by atoms with Gasteiger partial charge in [-0.25, -0.2) is 9.59 Å². The number of carboxylic acid groups (broad SMARTS) is 1. The number of urea groups is 1. The highest BCUT2D eigenvalue weighted by Gasteiger charge is 2.38. The van der Waals surface area contributed by atoms with Gasteiger partial charge in [0.15, 0.2) is 0 Å². The third-order valence-corrected chi connectivity index (χ3v) is 3.85. The summed E-state index contributed by atoms with van der Waals surface area (Å²) < 4.78 is 5.12. The number of ether oxygens (including phenoxy) is 1. The number of aliphatic carboxylic acids is 1. The number of hydrogen-bond acceptors (Lipinski definition) is 3. The zero-order chi connectivity index (χ0) is 13.8. The molecule has 2 rings (SSSR count). The van der Waals surface area contributed by atoms with E-state index in [0.717, 1.165) is 25.7 Å². The normalized spacial score (nSPS) is 24.9. The van der Waals surface area contributed by atoms with Gasteiger partial charge in [-0.15, -0.1) is 0 Å². The minimum atomic E-state index is -0.929. The van der Waals surface area contributed by atoms with Crippen molar-refractivity contribution in [3.63, 3.8) is 0 Å². The van der Waals surface area contributed by atoms with Crippen molar-refractivity contribution in [3.05, 3.63) is 0 Å². The fourth-order valence-electron chi connectivity index (χ4n) is 2.66. The van der Waals surface area contributed by atoms with Gasteiger partial charge in [0.1, 0.15) is 6.04 Å². The number of methoxy groups -OCH3 is 1. The van der Waals surface area contributed by atoms with E-state index in [-0.39, 0.29) is 11.9 Å². The highest BCUT2D eigenvalue weighted by atomic mass is 16.5. The van der Waals surface area contributed by atoms with Gasteiger partial charge >= 0.3 is 12.0 Å². The van der Waals surface area contributed by atoms with Crippen molar-refractivity contribution in [1.29, 1.82) is 0 Å². The van der Waals surface area contributed by atoms with Gasteiger partial charge < -0.3 is 20.1 Å². The van der Waals surface area contributed by atoms with Crippen LogP contribution in [0, 0.1) is 11.8 Å². The first-order valence-corrected chi connectivity index (χ1v) is 6.89. The lowest BCUT2D eigenvalue weighted by molar-refractivity contribution is -0.139. The van der Waals surface area contributed by atoms with Gasteiger partial charge in [0, 0.05) is 26.1 Å². The molecule has 1 heterocycles. The molecule has 1 saturated carbocycles. The molecule has 19 heavy (non-hydrogen) atoms. The third kappa shape index (κ3) is 3.83. The molecule has 2 atom stereocenters. The van der Waals surface area contributed by atoms with Crippen molar-refractivity contribution in [2.24, 2.45) is 11.8 Å². The summed E-state index contributed by atoms with van der Waals surface area (Å²) in [5.41, 5.74) is 0. The molecule has 0 aromatic rings. The SMILES string of the molecule is COCC1CCCN(C(=O)NC(C(=O)O)C2CC2)C1. The van der Waals surface area contributed by atoms with Gasteiger partial charge in [-0.3, -0.25) is 0 Å². The Morgan fingerprint density at radius 3 is 2.74 bits per heavy atom. The predicted octanol–water partition coefficient (Wildman–Crippen LogP) is 0.918. The lowest BCUT2D eigenvalue weighted by Gasteiger charge is -2.33. The number of nitrogens with one attached hydrogen (secondary N) is 1. The molecule has 2 amide bonds. The fourth-order valence-corrected chi connectivity index (χ4v) is 2.66. The Kier molecular flexibility index (Phi) is 4.63. The van der Waals surface area contributed by atoms with Crippen molar-refractivity contribution in [1.82, 2.24) is 10.2 Å². The van der Waals surface area contributed by atoms with E-state index in [1.165, 1.54) is 0 Å². The average Bonchev–Trinajstić information content (AvgIpc) is 3.20. The minimum Gasteiger partial charge on any atom is -0.480 e. The van der Waals surface area contributed by atoms with Crippen LogP contribution in [0.3, 0.4) is 0 Å². The van der Waals surface area contributed by atoms with Crippen LogP contribution in [0.4, 0.5) is 4.79 Å². The molecule has 108 valence electrons. The summed E-state index contributed by atoms with van der Waals surface area (Å²) in [6.07, 6.45) is 3.79. The number of carbonyl (C=O) groups is 2. The second-order valence-corrected chi connectivity index (χ2v) is 5.51. The Morgan fingerprint density at radius 2 is 2.16 bits per heavy atom. The molecular weight excluding hydrogens is 248 g/mol. The standard InChI is InChI=1S/C13H22N2O4/c1-19-8-9-3-2-6-15(7-9)13(18)14-11(12(16)17)10-4-5-10/h9-11H,2-8H2,1H3,(H,14,18)(H,16,17). The summed E-state index contributed by atoms with van der Waals surface area (Å²) in [5, 5.41) is 11.8. The first-order chi connectivity index (χ1) is 9.11. The second kappa shape index (κ2) is 6.23. The largest absolute Gasteiger partial charge is 0.480 e. The van der Waals surface area contributed by atoms with Gasteiger partial charge in [0.2, 0.25) is 0 Å². The molecule has 2 unspecified atom stereocenters. The molecule has 2 N–H and O–H groups in total. The summed E-state index contributed by atoms with van der Waals surface area (Å²) in [7, 11) is 1.66. The third-order valence-electron chi connectivity index (χ3n) is 3.85. The predicted molar refractivity (Wildman–Crippen MR) is 68.9 cm³/mol. The number of carboxylic acids is 1. The van der Waals surface area contributed by atoms with Crippen LogP contribution in [0.2, 0.25) is 0 Å². The maximum atomic E-state index is 12.1. The lowest BCUT2D eigenvalue weighted by Crippen LogP contribution is -2.51. The highest BCUT2D eigenvalue weighted by molar-refractivity contribution is 5.83. The fraction of sp³-hybridized carbons (Fsp3) is 0.846. The minimum absolute atomic E-state index is 0.112. The van der Waals surface area contributed by atoms with Crippen LogP contribution in [-0.4, -0.2) is 54.9 Å². The number of hydrogen-bond donors (Lipinski definition) is 2. The van der Waals surface area contributed by atoms with E-state index < -0.39 is 12.0 Å². The molecule has 2 aliphatic rings. The van der Waals surface area contributed by atoms with Crippen molar-refractivity contribution in [2.45, 2.75) is 31.7 Å². The van der Waals surface area contributed by atoms with Crippen LogP contribution in [0.1, 0.15) is 25.7 Å². The summed E-state index contributed by atoms with van der Waals surface area (Å²) in [4.78, 5) is 24.9. The van der Waals surface area contributed by atoms with E-state index in [0.29, 0.717) is 25.6 Å². The molecule has 0 radical (unpaired) electrons. The van der Waals surface area contributed by atoms with Gasteiger partial charge in [-0.1, -0.05) is 0 Å². The van der Waals surface area contributed by atoms with Crippen LogP contribution in [0.25, 0.3) is 0 Å². The number of nitrogens with zero attached hydrogens (tertiary/aromatic N) is 1. The van der Waals surface area contributed by atoms with Gasteiger partial charge in [-0.2, -0.15) is 0 Å². The average molecular weight is 270 g/mol. The molecule has 0 bridgehead atoms. The molecule has 6 heteroatoms. The van der Waals surface area contributed by atoms with Gasteiger partial charge in [0.25, 0.3) is 0 Å². The number of likely N-dealkylation sites (tertiary alicyclic amines) is 1. The second-order valence-electron chi connectivity index (χ2n) is 5.51. The van der Waals surface area contributed by atoms with E-state index in [4.69, 9.17) is 9.84 Å². The van der Waals surface area contributed by atoms with Crippen LogP contribution >= 0.6 is 0 Å². The Hall–Kier alpha value is -1.30. The van der Waals surface area contributed by atoms with E-state index in [1.54, 1.807) is 12.0 Å². The van der Waals surface area contributed by atoms with Gasteiger partial charge in [-0.05, 0) is 31.6 Å². The number of piperidine rings is 1. The molecule has 0 aromatic heterocycles. The molecule has 0 aromatic carbocycles. The Bertz CT molecular complexity index is 342. The monoisotopic (exact) mass is 270 g/mol. The zero-order valence-corrected chi connectivity index (χ0v) is 11.3. The first-order valence-electron chi connectivity index (χ1n) is 6.89. The van der Waals surface area contributed by atoms with E-state index >= 15 is 0 Å². The summed E-state index contributed by atoms with van der Waals surface area (Å²) in [6, 6.07) is -0.976. The van der Waals surface area contributed by atoms with Crippen molar-refractivity contribution >= 4 is 12.0 Å².